The van der Waals surface area contributed by atoms with E-state index in [0.717, 1.165) is 10.6 Å². The Hall–Kier alpha value is -3.18. The van der Waals surface area contributed by atoms with Crippen LogP contribution in [0.3, 0.4) is 0 Å². The zero-order valence-corrected chi connectivity index (χ0v) is 19.3. The molecule has 1 aromatic rings. The maximum atomic E-state index is 12.9. The smallest absolute Gasteiger partial charge is 0.408 e. The SMILES string of the molecule is CCOC(=O)C1(C(=O)N(C)OC)CCC(C[C@H](NC(=O)OCc2ccccc2)C(=O)OC)N1. The van der Waals surface area contributed by atoms with Crippen LogP contribution in [0.25, 0.3) is 0 Å². The first-order valence-corrected chi connectivity index (χ1v) is 10.6. The molecular formula is C22H31N3O8. The molecular weight excluding hydrogens is 434 g/mol. The van der Waals surface area contributed by atoms with Crippen molar-refractivity contribution < 1.29 is 38.2 Å². The van der Waals surface area contributed by atoms with Gasteiger partial charge in [0.1, 0.15) is 12.6 Å². The van der Waals surface area contributed by atoms with Crippen LogP contribution in [0, 0.1) is 0 Å². The number of methoxy groups -OCH3 is 1. The maximum Gasteiger partial charge on any atom is 0.408 e. The predicted molar refractivity (Wildman–Crippen MR) is 115 cm³/mol. The average Bonchev–Trinajstić information content (AvgIpc) is 3.26. The van der Waals surface area contributed by atoms with E-state index < -0.39 is 41.6 Å². The van der Waals surface area contributed by atoms with E-state index in [0.29, 0.717) is 6.42 Å². The molecule has 1 aliphatic heterocycles. The highest BCUT2D eigenvalue weighted by Gasteiger charge is 2.54. The fourth-order valence-electron chi connectivity index (χ4n) is 3.63. The largest absolute Gasteiger partial charge is 0.467 e. The van der Waals surface area contributed by atoms with Crippen LogP contribution in [0.2, 0.25) is 0 Å². The lowest BCUT2D eigenvalue weighted by Gasteiger charge is -2.30. The zero-order valence-electron chi connectivity index (χ0n) is 19.3. The van der Waals surface area contributed by atoms with Crippen LogP contribution in [-0.2, 0) is 40.0 Å². The standard InChI is InChI=1S/C22H31N3O8/c1-5-32-20(28)22(19(27)25(2)31-4)12-11-16(24-22)13-17(18(26)30-3)23-21(29)33-14-15-9-7-6-8-10-15/h6-10,16-17,24H,5,11-14H2,1-4H3,(H,23,29)/t16?,17-,22?/m0/s1. The molecule has 11 heteroatoms. The third kappa shape index (κ3) is 6.65. The van der Waals surface area contributed by atoms with E-state index >= 15 is 0 Å². The monoisotopic (exact) mass is 465 g/mol. The summed E-state index contributed by atoms with van der Waals surface area (Å²) >= 11 is 0. The van der Waals surface area contributed by atoms with Gasteiger partial charge in [0.15, 0.2) is 5.54 Å². The minimum absolute atomic E-state index is 0.0338. The number of rotatable bonds is 10. The van der Waals surface area contributed by atoms with E-state index in [9.17, 15) is 19.2 Å². The Kier molecular flexibility index (Phi) is 9.61. The molecule has 0 aliphatic carbocycles. The van der Waals surface area contributed by atoms with Gasteiger partial charge in [0.05, 0.1) is 20.8 Å². The van der Waals surface area contributed by atoms with Gasteiger partial charge in [-0.25, -0.2) is 19.4 Å². The number of alkyl carbamates (subject to hydrolysis) is 1. The van der Waals surface area contributed by atoms with Crippen molar-refractivity contribution in [1.82, 2.24) is 15.7 Å². The maximum absolute atomic E-state index is 12.9. The quantitative estimate of drug-likeness (QED) is 0.224. The van der Waals surface area contributed by atoms with E-state index in [1.54, 1.807) is 19.1 Å². The molecule has 2 amide bonds. The molecule has 182 valence electrons. The Morgan fingerprint density at radius 1 is 1.18 bits per heavy atom. The normalized spacial score (nSPS) is 20.4. The van der Waals surface area contributed by atoms with Crippen molar-refractivity contribution in [3.63, 3.8) is 0 Å². The molecule has 33 heavy (non-hydrogen) atoms. The van der Waals surface area contributed by atoms with Crippen LogP contribution in [0.15, 0.2) is 30.3 Å². The third-order valence-corrected chi connectivity index (χ3v) is 5.38. The van der Waals surface area contributed by atoms with Crippen LogP contribution in [0.5, 0.6) is 0 Å². The molecule has 2 unspecified atom stereocenters. The molecule has 3 atom stereocenters. The number of nitrogens with one attached hydrogen (secondary N) is 2. The van der Waals surface area contributed by atoms with E-state index in [1.807, 2.05) is 18.2 Å². The Morgan fingerprint density at radius 2 is 1.88 bits per heavy atom. The van der Waals surface area contributed by atoms with Crippen molar-refractivity contribution in [1.29, 1.82) is 0 Å². The summed E-state index contributed by atoms with van der Waals surface area (Å²) in [6, 6.07) is 7.56. The summed E-state index contributed by atoms with van der Waals surface area (Å²) in [5, 5.41) is 6.44. The van der Waals surface area contributed by atoms with Crippen molar-refractivity contribution >= 4 is 23.9 Å². The predicted octanol–water partition coefficient (Wildman–Crippen LogP) is 0.918. The zero-order chi connectivity index (χ0) is 24.4. The minimum Gasteiger partial charge on any atom is -0.467 e. The summed E-state index contributed by atoms with van der Waals surface area (Å²) in [5.74, 6) is -2.02. The molecule has 2 N–H and O–H groups in total. The van der Waals surface area contributed by atoms with Crippen LogP contribution in [-0.4, -0.2) is 74.5 Å². The Morgan fingerprint density at radius 3 is 2.48 bits per heavy atom. The first-order valence-electron chi connectivity index (χ1n) is 10.6. The van der Waals surface area contributed by atoms with Crippen LogP contribution in [0.1, 0.15) is 31.7 Å². The molecule has 2 rings (SSSR count). The second-order valence-electron chi connectivity index (χ2n) is 7.51. The lowest BCUT2D eigenvalue weighted by Crippen LogP contribution is -2.61. The second-order valence-corrected chi connectivity index (χ2v) is 7.51. The number of carbonyl (C=O) groups excluding carboxylic acids is 4. The summed E-state index contributed by atoms with van der Waals surface area (Å²) in [4.78, 5) is 55.1. The molecule has 0 aromatic heterocycles. The van der Waals surface area contributed by atoms with E-state index in [2.05, 4.69) is 10.6 Å². The van der Waals surface area contributed by atoms with E-state index in [1.165, 1.54) is 21.3 Å². The lowest BCUT2D eigenvalue weighted by molar-refractivity contribution is -0.182. The highest BCUT2D eigenvalue weighted by molar-refractivity contribution is 6.07. The van der Waals surface area contributed by atoms with Gasteiger partial charge in [0, 0.05) is 13.1 Å². The number of benzene rings is 1. The molecule has 1 fully saturated rings. The highest BCUT2D eigenvalue weighted by atomic mass is 16.7. The molecule has 1 heterocycles. The van der Waals surface area contributed by atoms with Gasteiger partial charge in [-0.2, -0.15) is 0 Å². The number of hydrogen-bond acceptors (Lipinski definition) is 9. The summed E-state index contributed by atoms with van der Waals surface area (Å²) in [6.07, 6.45) is -0.219. The van der Waals surface area contributed by atoms with Crippen LogP contribution in [0.4, 0.5) is 4.79 Å². The Balaban J connectivity index is 2.07. The third-order valence-electron chi connectivity index (χ3n) is 5.38. The molecule has 0 spiro atoms. The van der Waals surface area contributed by atoms with Gasteiger partial charge in [-0.3, -0.25) is 14.9 Å². The van der Waals surface area contributed by atoms with Gasteiger partial charge in [0.2, 0.25) is 0 Å². The van der Waals surface area contributed by atoms with Crippen molar-refractivity contribution in [3.05, 3.63) is 35.9 Å². The van der Waals surface area contributed by atoms with Gasteiger partial charge < -0.3 is 19.5 Å². The molecule has 0 bridgehead atoms. The number of hydrogen-bond donors (Lipinski definition) is 2. The molecule has 1 saturated heterocycles. The first kappa shape index (κ1) is 26.1. The second kappa shape index (κ2) is 12.2. The summed E-state index contributed by atoms with van der Waals surface area (Å²) < 4.78 is 15.1. The fourth-order valence-corrected chi connectivity index (χ4v) is 3.63. The van der Waals surface area contributed by atoms with Crippen molar-refractivity contribution in [2.75, 3.05) is 27.9 Å². The first-order chi connectivity index (χ1) is 15.8. The Bertz CT molecular complexity index is 834. The van der Waals surface area contributed by atoms with E-state index in [4.69, 9.17) is 19.0 Å². The molecule has 1 aliphatic rings. The lowest BCUT2D eigenvalue weighted by atomic mass is 9.96. The van der Waals surface area contributed by atoms with Crippen molar-refractivity contribution in [2.45, 2.75) is 50.4 Å². The number of nitrogens with zero attached hydrogens (tertiary/aromatic N) is 1. The van der Waals surface area contributed by atoms with Crippen molar-refractivity contribution in [3.8, 4) is 0 Å². The number of carbonyl (C=O) groups is 4. The van der Waals surface area contributed by atoms with E-state index in [-0.39, 0.29) is 26.1 Å². The van der Waals surface area contributed by atoms with Gasteiger partial charge >= 0.3 is 18.0 Å². The summed E-state index contributed by atoms with van der Waals surface area (Å²) in [6.45, 7) is 1.77. The number of hydroxylamine groups is 2. The number of esters is 2. The van der Waals surface area contributed by atoms with Gasteiger partial charge in [-0.1, -0.05) is 30.3 Å². The molecule has 11 nitrogen and oxygen atoms in total. The van der Waals surface area contributed by atoms with Crippen LogP contribution >= 0.6 is 0 Å². The topological polar surface area (TPSA) is 132 Å². The fraction of sp³-hybridized carbons (Fsp3) is 0.545. The summed E-state index contributed by atoms with van der Waals surface area (Å²) in [7, 11) is 3.90. The Labute approximate surface area is 192 Å². The molecule has 0 saturated carbocycles. The van der Waals surface area contributed by atoms with Crippen molar-refractivity contribution in [2.24, 2.45) is 0 Å². The van der Waals surface area contributed by atoms with Crippen LogP contribution < -0.4 is 10.6 Å². The summed E-state index contributed by atoms with van der Waals surface area (Å²) in [5.41, 5.74) is -0.861. The minimum atomic E-state index is -1.65. The molecule has 1 aromatic carbocycles. The number of ether oxygens (including phenoxy) is 3. The highest BCUT2D eigenvalue weighted by Crippen LogP contribution is 2.29. The van der Waals surface area contributed by atoms with Gasteiger partial charge in [0.25, 0.3) is 5.91 Å². The molecule has 0 radical (unpaired) electrons. The average molecular weight is 466 g/mol. The van der Waals surface area contributed by atoms with Gasteiger partial charge in [-0.15, -0.1) is 0 Å². The number of amides is 2. The van der Waals surface area contributed by atoms with Gasteiger partial charge in [-0.05, 0) is 31.7 Å². The number of likely N-dealkylation sites (N-methyl/N-ethyl adjacent to an activating group) is 1.